The zero-order valence-corrected chi connectivity index (χ0v) is 13.9. The Kier molecular flexibility index (Phi) is 5.47. The summed E-state index contributed by atoms with van der Waals surface area (Å²) in [6.45, 7) is 6.69. The van der Waals surface area contributed by atoms with Crippen molar-refractivity contribution >= 4 is 12.2 Å². The Hall–Kier alpha value is -2.24. The fourth-order valence-electron chi connectivity index (χ4n) is 2.33. The predicted octanol–water partition coefficient (Wildman–Crippen LogP) is 2.92. The van der Waals surface area contributed by atoms with E-state index in [0.717, 1.165) is 5.56 Å². The number of likely N-dealkylation sites (tertiary alicyclic amines) is 1. The van der Waals surface area contributed by atoms with Crippen molar-refractivity contribution in [2.24, 2.45) is 0 Å². The minimum Gasteiger partial charge on any atom is -0.445 e. The predicted molar refractivity (Wildman–Crippen MR) is 86.0 cm³/mol. The smallest absolute Gasteiger partial charge is 0.410 e. The van der Waals surface area contributed by atoms with Gasteiger partial charge in [0.05, 0.1) is 6.04 Å². The van der Waals surface area contributed by atoms with E-state index in [1.165, 1.54) is 0 Å². The van der Waals surface area contributed by atoms with Gasteiger partial charge < -0.3 is 19.7 Å². The Morgan fingerprint density at radius 2 is 1.96 bits per heavy atom. The van der Waals surface area contributed by atoms with Gasteiger partial charge in [0.25, 0.3) is 0 Å². The van der Waals surface area contributed by atoms with Crippen LogP contribution in [-0.2, 0) is 16.1 Å². The van der Waals surface area contributed by atoms with Crippen molar-refractivity contribution in [3.8, 4) is 0 Å². The van der Waals surface area contributed by atoms with Crippen LogP contribution in [0, 0.1) is 0 Å². The second-order valence-electron chi connectivity index (χ2n) is 6.62. The van der Waals surface area contributed by atoms with E-state index in [1.807, 2.05) is 51.1 Å². The molecule has 23 heavy (non-hydrogen) atoms. The molecular weight excluding hydrogens is 296 g/mol. The van der Waals surface area contributed by atoms with Gasteiger partial charge in [0.2, 0.25) is 0 Å². The van der Waals surface area contributed by atoms with Gasteiger partial charge in [-0.15, -0.1) is 0 Å². The second kappa shape index (κ2) is 7.35. The van der Waals surface area contributed by atoms with Crippen molar-refractivity contribution in [2.75, 3.05) is 13.1 Å². The third-order valence-corrected chi connectivity index (χ3v) is 3.37. The molecule has 0 spiro atoms. The molecule has 1 atom stereocenters. The minimum absolute atomic E-state index is 0.103. The fraction of sp³-hybridized carbons (Fsp3) is 0.529. The van der Waals surface area contributed by atoms with E-state index in [-0.39, 0.29) is 18.7 Å². The van der Waals surface area contributed by atoms with Crippen LogP contribution in [0.15, 0.2) is 30.3 Å². The van der Waals surface area contributed by atoms with E-state index in [4.69, 9.17) is 9.47 Å². The number of alkyl carbamates (subject to hydrolysis) is 1. The molecule has 1 aliphatic heterocycles. The third kappa shape index (κ3) is 5.81. The average Bonchev–Trinajstić information content (AvgIpc) is 2.92. The lowest BCUT2D eigenvalue weighted by Crippen LogP contribution is -2.41. The molecule has 6 heteroatoms. The molecule has 1 heterocycles. The van der Waals surface area contributed by atoms with Crippen LogP contribution in [0.2, 0.25) is 0 Å². The topological polar surface area (TPSA) is 67.9 Å². The van der Waals surface area contributed by atoms with Crippen molar-refractivity contribution in [1.29, 1.82) is 0 Å². The lowest BCUT2D eigenvalue weighted by Gasteiger charge is -2.22. The third-order valence-electron chi connectivity index (χ3n) is 3.37. The summed E-state index contributed by atoms with van der Waals surface area (Å²) in [6.07, 6.45) is -0.121. The van der Waals surface area contributed by atoms with Crippen molar-refractivity contribution < 1.29 is 19.1 Å². The number of hydrogen-bond acceptors (Lipinski definition) is 4. The number of ether oxygens (including phenoxy) is 2. The van der Waals surface area contributed by atoms with Crippen molar-refractivity contribution in [3.05, 3.63) is 35.9 Å². The van der Waals surface area contributed by atoms with E-state index >= 15 is 0 Å². The lowest BCUT2D eigenvalue weighted by molar-refractivity contribution is 0.0503. The van der Waals surface area contributed by atoms with Crippen LogP contribution in [0.4, 0.5) is 9.59 Å². The van der Waals surface area contributed by atoms with Crippen LogP contribution in [0.5, 0.6) is 0 Å². The van der Waals surface area contributed by atoms with Gasteiger partial charge in [-0.1, -0.05) is 30.3 Å². The first kappa shape index (κ1) is 17.1. The van der Waals surface area contributed by atoms with Crippen LogP contribution in [0.1, 0.15) is 32.8 Å². The van der Waals surface area contributed by atoms with Gasteiger partial charge in [-0.2, -0.15) is 0 Å². The molecule has 2 rings (SSSR count). The van der Waals surface area contributed by atoms with E-state index in [0.29, 0.717) is 19.5 Å². The summed E-state index contributed by atoms with van der Waals surface area (Å²) in [5, 5.41) is 2.78. The molecule has 2 amide bonds. The minimum atomic E-state index is -0.531. The standard InChI is InChI=1S/C17H24N2O4/c1-17(2,3)23-15(20)18-14-9-10-19(11-14)16(21)22-12-13-7-5-4-6-8-13/h4-8,14H,9-12H2,1-3H3,(H,18,20)/t14-/m1/s1. The first-order valence-electron chi connectivity index (χ1n) is 7.78. The first-order chi connectivity index (χ1) is 10.8. The molecule has 0 aromatic heterocycles. The fourth-order valence-corrected chi connectivity index (χ4v) is 2.33. The molecule has 0 saturated carbocycles. The summed E-state index contributed by atoms with van der Waals surface area (Å²) < 4.78 is 10.5. The molecule has 0 bridgehead atoms. The maximum Gasteiger partial charge on any atom is 0.410 e. The van der Waals surface area contributed by atoms with Crippen LogP contribution >= 0.6 is 0 Å². The SMILES string of the molecule is CC(C)(C)OC(=O)N[C@@H]1CCN(C(=O)OCc2ccccc2)C1. The number of amides is 2. The first-order valence-corrected chi connectivity index (χ1v) is 7.78. The number of rotatable bonds is 3. The van der Waals surface area contributed by atoms with Crippen LogP contribution in [0.3, 0.4) is 0 Å². The quantitative estimate of drug-likeness (QED) is 0.930. The molecular formula is C17H24N2O4. The van der Waals surface area contributed by atoms with Crippen LogP contribution in [-0.4, -0.2) is 41.8 Å². The van der Waals surface area contributed by atoms with Gasteiger partial charge in [-0.05, 0) is 32.8 Å². The molecule has 126 valence electrons. The molecule has 0 aliphatic carbocycles. The molecule has 1 aromatic carbocycles. The number of nitrogens with one attached hydrogen (secondary N) is 1. The van der Waals surface area contributed by atoms with Gasteiger partial charge in [0.1, 0.15) is 12.2 Å². The summed E-state index contributed by atoms with van der Waals surface area (Å²) in [6, 6.07) is 9.43. The molecule has 1 aliphatic rings. The highest BCUT2D eigenvalue weighted by molar-refractivity contribution is 5.70. The Labute approximate surface area is 136 Å². The van der Waals surface area contributed by atoms with Crippen LogP contribution < -0.4 is 5.32 Å². The maximum atomic E-state index is 12.0. The largest absolute Gasteiger partial charge is 0.445 e. The number of hydrogen-bond donors (Lipinski definition) is 1. The Balaban J connectivity index is 1.74. The zero-order valence-electron chi connectivity index (χ0n) is 13.9. The van der Waals surface area contributed by atoms with Crippen molar-refractivity contribution in [2.45, 2.75) is 45.4 Å². The molecule has 1 N–H and O–H groups in total. The molecule has 0 radical (unpaired) electrons. The number of carbonyl (C=O) groups is 2. The van der Waals surface area contributed by atoms with Gasteiger partial charge in [-0.25, -0.2) is 9.59 Å². The number of benzene rings is 1. The molecule has 1 aromatic rings. The van der Waals surface area contributed by atoms with E-state index in [9.17, 15) is 9.59 Å². The molecule has 1 fully saturated rings. The summed E-state index contributed by atoms with van der Waals surface area (Å²) >= 11 is 0. The lowest BCUT2D eigenvalue weighted by atomic mass is 10.2. The highest BCUT2D eigenvalue weighted by Crippen LogP contribution is 2.13. The Morgan fingerprint density at radius 3 is 2.61 bits per heavy atom. The molecule has 6 nitrogen and oxygen atoms in total. The summed E-state index contributed by atoms with van der Waals surface area (Å²) in [5.74, 6) is 0. The summed E-state index contributed by atoms with van der Waals surface area (Å²) in [7, 11) is 0. The number of nitrogens with zero attached hydrogens (tertiary/aromatic N) is 1. The zero-order chi connectivity index (χ0) is 16.9. The second-order valence-corrected chi connectivity index (χ2v) is 6.62. The molecule has 0 unspecified atom stereocenters. The van der Waals surface area contributed by atoms with Crippen molar-refractivity contribution in [3.63, 3.8) is 0 Å². The highest BCUT2D eigenvalue weighted by Gasteiger charge is 2.29. The van der Waals surface area contributed by atoms with E-state index in [2.05, 4.69) is 5.32 Å². The van der Waals surface area contributed by atoms with Gasteiger partial charge in [-0.3, -0.25) is 0 Å². The average molecular weight is 320 g/mol. The maximum absolute atomic E-state index is 12.0. The van der Waals surface area contributed by atoms with Crippen LogP contribution in [0.25, 0.3) is 0 Å². The van der Waals surface area contributed by atoms with Gasteiger partial charge >= 0.3 is 12.2 Å². The summed E-state index contributed by atoms with van der Waals surface area (Å²) in [5.41, 5.74) is 0.417. The Bertz CT molecular complexity index is 539. The van der Waals surface area contributed by atoms with Crippen molar-refractivity contribution in [1.82, 2.24) is 10.2 Å². The monoisotopic (exact) mass is 320 g/mol. The van der Waals surface area contributed by atoms with E-state index in [1.54, 1.807) is 4.90 Å². The normalized spacial score (nSPS) is 17.7. The van der Waals surface area contributed by atoms with Gasteiger partial charge in [0, 0.05) is 13.1 Å². The number of carbonyl (C=O) groups excluding carboxylic acids is 2. The van der Waals surface area contributed by atoms with Gasteiger partial charge in [0.15, 0.2) is 0 Å². The Morgan fingerprint density at radius 1 is 1.26 bits per heavy atom. The molecule has 1 saturated heterocycles. The highest BCUT2D eigenvalue weighted by atomic mass is 16.6. The van der Waals surface area contributed by atoms with E-state index < -0.39 is 11.7 Å². The summed E-state index contributed by atoms with van der Waals surface area (Å²) in [4.78, 5) is 25.4.